The molecular formula is C27H26N2O2S. The smallest absolute Gasteiger partial charge is 0.266 e. The zero-order valence-electron chi connectivity index (χ0n) is 18.5. The van der Waals surface area contributed by atoms with Crippen LogP contribution in [0.25, 0.3) is 6.08 Å². The largest absolute Gasteiger partial charge is 0.489 e. The van der Waals surface area contributed by atoms with Gasteiger partial charge in [0.25, 0.3) is 5.91 Å². The molecule has 1 fully saturated rings. The van der Waals surface area contributed by atoms with Crippen LogP contribution in [0.5, 0.6) is 5.75 Å². The van der Waals surface area contributed by atoms with Crippen LogP contribution in [0.3, 0.4) is 0 Å². The SMILES string of the molecule is CCN1C(=O)/C(=C/c2ccc(OCc3ccccc3)cc2)SC1=Nc1ccc(C)c(C)c1. The highest BCUT2D eigenvalue weighted by molar-refractivity contribution is 8.18. The molecule has 1 amide bonds. The first-order valence-corrected chi connectivity index (χ1v) is 11.5. The van der Waals surface area contributed by atoms with Crippen LogP contribution in [0.1, 0.15) is 29.2 Å². The van der Waals surface area contributed by atoms with Crippen LogP contribution in [-0.4, -0.2) is 22.5 Å². The lowest BCUT2D eigenvalue weighted by Gasteiger charge is -2.12. The van der Waals surface area contributed by atoms with Gasteiger partial charge in [0.05, 0.1) is 10.6 Å². The van der Waals surface area contributed by atoms with Gasteiger partial charge in [0.15, 0.2) is 5.17 Å². The average Bonchev–Trinajstić information content (AvgIpc) is 3.10. The predicted molar refractivity (Wildman–Crippen MR) is 133 cm³/mol. The monoisotopic (exact) mass is 442 g/mol. The third-order valence-electron chi connectivity index (χ3n) is 5.35. The molecule has 0 radical (unpaired) electrons. The first-order valence-electron chi connectivity index (χ1n) is 10.7. The molecule has 0 aliphatic carbocycles. The van der Waals surface area contributed by atoms with E-state index in [0.29, 0.717) is 18.1 Å². The lowest BCUT2D eigenvalue weighted by molar-refractivity contribution is -0.122. The van der Waals surface area contributed by atoms with Crippen molar-refractivity contribution in [1.29, 1.82) is 0 Å². The maximum Gasteiger partial charge on any atom is 0.266 e. The fraction of sp³-hybridized carbons (Fsp3) is 0.185. The molecule has 3 aromatic carbocycles. The summed E-state index contributed by atoms with van der Waals surface area (Å²) in [7, 11) is 0. The summed E-state index contributed by atoms with van der Waals surface area (Å²) in [6, 6.07) is 24.0. The van der Waals surface area contributed by atoms with E-state index in [1.165, 1.54) is 22.9 Å². The number of hydrogen-bond donors (Lipinski definition) is 0. The Bertz CT molecular complexity index is 1170. The van der Waals surface area contributed by atoms with E-state index in [2.05, 4.69) is 26.0 Å². The Morgan fingerprint density at radius 2 is 1.72 bits per heavy atom. The minimum Gasteiger partial charge on any atom is -0.489 e. The molecule has 4 nitrogen and oxygen atoms in total. The summed E-state index contributed by atoms with van der Waals surface area (Å²) in [5.41, 5.74) is 5.36. The number of carbonyl (C=O) groups is 1. The highest BCUT2D eigenvalue weighted by Gasteiger charge is 2.32. The number of aryl methyl sites for hydroxylation is 2. The quantitative estimate of drug-likeness (QED) is 0.409. The van der Waals surface area contributed by atoms with Gasteiger partial charge >= 0.3 is 0 Å². The van der Waals surface area contributed by atoms with Crippen molar-refractivity contribution in [3.05, 3.63) is 100.0 Å². The fourth-order valence-electron chi connectivity index (χ4n) is 3.33. The van der Waals surface area contributed by atoms with Gasteiger partial charge in [-0.05, 0) is 85.1 Å². The van der Waals surface area contributed by atoms with Crippen LogP contribution in [0.15, 0.2) is 82.7 Å². The third-order valence-corrected chi connectivity index (χ3v) is 6.35. The van der Waals surface area contributed by atoms with Gasteiger partial charge in [-0.1, -0.05) is 48.5 Å². The molecule has 0 unspecified atom stereocenters. The van der Waals surface area contributed by atoms with Crippen LogP contribution in [0.2, 0.25) is 0 Å². The second kappa shape index (κ2) is 9.88. The molecule has 1 saturated heterocycles. The third kappa shape index (κ3) is 5.11. The summed E-state index contributed by atoms with van der Waals surface area (Å²) in [6.45, 7) is 7.23. The number of benzene rings is 3. The van der Waals surface area contributed by atoms with Crippen molar-refractivity contribution in [2.45, 2.75) is 27.4 Å². The fourth-order valence-corrected chi connectivity index (χ4v) is 4.39. The Morgan fingerprint density at radius 3 is 2.41 bits per heavy atom. The Morgan fingerprint density at radius 1 is 0.969 bits per heavy atom. The van der Waals surface area contributed by atoms with Gasteiger partial charge in [-0.25, -0.2) is 4.99 Å². The van der Waals surface area contributed by atoms with Gasteiger partial charge in [0.2, 0.25) is 0 Å². The molecule has 5 heteroatoms. The van der Waals surface area contributed by atoms with Crippen LogP contribution in [0.4, 0.5) is 5.69 Å². The second-order valence-corrected chi connectivity index (χ2v) is 8.68. The Hall–Kier alpha value is -3.31. The molecule has 32 heavy (non-hydrogen) atoms. The molecule has 1 aliphatic heterocycles. The molecule has 1 heterocycles. The van der Waals surface area contributed by atoms with Crippen LogP contribution in [0, 0.1) is 13.8 Å². The predicted octanol–water partition coefficient (Wildman–Crippen LogP) is 6.51. The van der Waals surface area contributed by atoms with Gasteiger partial charge in [-0.2, -0.15) is 0 Å². The van der Waals surface area contributed by atoms with E-state index in [-0.39, 0.29) is 5.91 Å². The van der Waals surface area contributed by atoms with E-state index in [0.717, 1.165) is 27.7 Å². The number of ether oxygens (including phenoxy) is 1. The minimum absolute atomic E-state index is 0.00973. The number of rotatable bonds is 6. The zero-order chi connectivity index (χ0) is 22.5. The van der Waals surface area contributed by atoms with Gasteiger partial charge in [0, 0.05) is 6.54 Å². The Kier molecular flexibility index (Phi) is 6.76. The lowest BCUT2D eigenvalue weighted by Crippen LogP contribution is -2.28. The molecule has 1 aliphatic rings. The van der Waals surface area contributed by atoms with E-state index < -0.39 is 0 Å². The van der Waals surface area contributed by atoms with Crippen molar-refractivity contribution < 1.29 is 9.53 Å². The van der Waals surface area contributed by atoms with Crippen LogP contribution in [-0.2, 0) is 11.4 Å². The lowest BCUT2D eigenvalue weighted by atomic mass is 10.1. The van der Waals surface area contributed by atoms with E-state index in [9.17, 15) is 4.79 Å². The van der Waals surface area contributed by atoms with Crippen molar-refractivity contribution in [3.63, 3.8) is 0 Å². The molecule has 0 spiro atoms. The van der Waals surface area contributed by atoms with Crippen LogP contribution < -0.4 is 4.74 Å². The topological polar surface area (TPSA) is 41.9 Å². The van der Waals surface area contributed by atoms with Gasteiger partial charge in [-0.3, -0.25) is 9.69 Å². The maximum atomic E-state index is 12.9. The Labute approximate surface area is 193 Å². The Balaban J connectivity index is 1.49. The van der Waals surface area contributed by atoms with E-state index in [4.69, 9.17) is 9.73 Å². The molecule has 0 saturated carbocycles. The number of carbonyl (C=O) groups excluding carboxylic acids is 1. The molecular weight excluding hydrogens is 416 g/mol. The minimum atomic E-state index is -0.00973. The summed E-state index contributed by atoms with van der Waals surface area (Å²) in [5, 5.41) is 0.717. The summed E-state index contributed by atoms with van der Waals surface area (Å²) in [4.78, 5) is 20.1. The second-order valence-electron chi connectivity index (χ2n) is 7.67. The van der Waals surface area contributed by atoms with Crippen molar-refractivity contribution in [2.24, 2.45) is 4.99 Å². The summed E-state index contributed by atoms with van der Waals surface area (Å²) in [5.74, 6) is 0.790. The van der Waals surface area contributed by atoms with E-state index in [1.807, 2.05) is 73.7 Å². The number of thioether (sulfide) groups is 1. The number of amides is 1. The standard InChI is InChI=1S/C27H26N2O2S/c1-4-29-26(30)25(32-27(29)28-23-13-10-19(2)20(3)16-23)17-21-11-14-24(15-12-21)31-18-22-8-6-5-7-9-22/h5-17H,4,18H2,1-3H3/b25-17-,28-27?. The van der Waals surface area contributed by atoms with E-state index in [1.54, 1.807) is 4.90 Å². The molecule has 0 atom stereocenters. The number of nitrogens with zero attached hydrogens (tertiary/aromatic N) is 2. The van der Waals surface area contributed by atoms with Gasteiger partial charge in [-0.15, -0.1) is 0 Å². The molecule has 0 bridgehead atoms. The highest BCUT2D eigenvalue weighted by Crippen LogP contribution is 2.34. The number of likely N-dealkylation sites (N-methyl/N-ethyl adjacent to an activating group) is 1. The van der Waals surface area contributed by atoms with Crippen molar-refractivity contribution in [1.82, 2.24) is 4.90 Å². The number of amidine groups is 1. The molecule has 4 rings (SSSR count). The summed E-state index contributed by atoms with van der Waals surface area (Å²) >= 11 is 1.42. The summed E-state index contributed by atoms with van der Waals surface area (Å²) < 4.78 is 5.85. The maximum absolute atomic E-state index is 12.9. The average molecular weight is 443 g/mol. The van der Waals surface area contributed by atoms with Gasteiger partial charge < -0.3 is 4.74 Å². The molecule has 3 aromatic rings. The van der Waals surface area contributed by atoms with Crippen molar-refractivity contribution in [3.8, 4) is 5.75 Å². The molecule has 0 N–H and O–H groups in total. The zero-order valence-corrected chi connectivity index (χ0v) is 19.4. The summed E-state index contributed by atoms with van der Waals surface area (Å²) in [6.07, 6.45) is 1.92. The molecule has 162 valence electrons. The first kappa shape index (κ1) is 21.9. The van der Waals surface area contributed by atoms with Gasteiger partial charge in [0.1, 0.15) is 12.4 Å². The number of aliphatic imine (C=N–C) groups is 1. The highest BCUT2D eigenvalue weighted by atomic mass is 32.2. The normalized spacial score (nSPS) is 16.2. The first-order chi connectivity index (χ1) is 15.5. The number of hydrogen-bond acceptors (Lipinski definition) is 4. The van der Waals surface area contributed by atoms with E-state index >= 15 is 0 Å². The molecule has 0 aromatic heterocycles. The van der Waals surface area contributed by atoms with Crippen LogP contribution >= 0.6 is 11.8 Å². The van der Waals surface area contributed by atoms with Crippen molar-refractivity contribution >= 4 is 34.6 Å². The van der Waals surface area contributed by atoms with Crippen molar-refractivity contribution in [2.75, 3.05) is 6.54 Å².